The first kappa shape index (κ1) is 11.1. The van der Waals surface area contributed by atoms with Gasteiger partial charge in [0.2, 0.25) is 0 Å². The summed E-state index contributed by atoms with van der Waals surface area (Å²) < 4.78 is 0. The van der Waals surface area contributed by atoms with Crippen LogP contribution in [-0.4, -0.2) is 37.4 Å². The molecule has 1 atom stereocenters. The summed E-state index contributed by atoms with van der Waals surface area (Å²) >= 11 is 0. The Kier molecular flexibility index (Phi) is 3.04. The van der Waals surface area contributed by atoms with Gasteiger partial charge in [0.15, 0.2) is 0 Å². The molecule has 17 heavy (non-hydrogen) atoms. The molecular formula is C14H20N2O. The van der Waals surface area contributed by atoms with Crippen LogP contribution in [0.4, 0.5) is 5.69 Å². The fourth-order valence-electron chi connectivity index (χ4n) is 2.76. The molecule has 2 aliphatic rings. The van der Waals surface area contributed by atoms with Crippen molar-refractivity contribution in [3.8, 4) is 0 Å². The highest BCUT2D eigenvalue weighted by Crippen LogP contribution is 2.27. The van der Waals surface area contributed by atoms with Gasteiger partial charge in [0, 0.05) is 37.8 Å². The van der Waals surface area contributed by atoms with E-state index in [-0.39, 0.29) is 6.10 Å². The number of anilines is 1. The van der Waals surface area contributed by atoms with Crippen molar-refractivity contribution in [3.63, 3.8) is 0 Å². The van der Waals surface area contributed by atoms with Crippen molar-refractivity contribution in [2.45, 2.75) is 18.9 Å². The average molecular weight is 232 g/mol. The lowest BCUT2D eigenvalue weighted by Gasteiger charge is -2.37. The maximum Gasteiger partial charge on any atom is 0.0767 e. The molecule has 3 rings (SSSR count). The molecule has 2 heterocycles. The number of hydrogen-bond acceptors (Lipinski definition) is 3. The third kappa shape index (κ3) is 2.17. The van der Waals surface area contributed by atoms with E-state index in [4.69, 9.17) is 0 Å². The van der Waals surface area contributed by atoms with Crippen molar-refractivity contribution in [2.24, 2.45) is 5.92 Å². The van der Waals surface area contributed by atoms with Crippen LogP contribution in [0, 0.1) is 5.92 Å². The number of aliphatic hydroxyl groups excluding tert-OH is 1. The smallest absolute Gasteiger partial charge is 0.0767 e. The van der Waals surface area contributed by atoms with E-state index in [2.05, 4.69) is 34.5 Å². The van der Waals surface area contributed by atoms with Crippen molar-refractivity contribution in [1.29, 1.82) is 0 Å². The van der Waals surface area contributed by atoms with Crippen molar-refractivity contribution in [2.75, 3.05) is 31.1 Å². The first-order chi connectivity index (χ1) is 8.34. The van der Waals surface area contributed by atoms with Gasteiger partial charge in [0.25, 0.3) is 0 Å². The van der Waals surface area contributed by atoms with Crippen molar-refractivity contribution < 1.29 is 5.11 Å². The highest BCUT2D eigenvalue weighted by Gasteiger charge is 2.28. The topological polar surface area (TPSA) is 35.5 Å². The van der Waals surface area contributed by atoms with Gasteiger partial charge >= 0.3 is 0 Å². The van der Waals surface area contributed by atoms with Crippen LogP contribution in [-0.2, 0) is 6.42 Å². The quantitative estimate of drug-likeness (QED) is 0.817. The van der Waals surface area contributed by atoms with Gasteiger partial charge in [0.1, 0.15) is 0 Å². The summed E-state index contributed by atoms with van der Waals surface area (Å²) in [5.41, 5.74) is 2.75. The van der Waals surface area contributed by atoms with Crippen LogP contribution in [0.1, 0.15) is 12.0 Å². The number of aryl methyl sites for hydroxylation is 1. The molecule has 0 saturated carbocycles. The Morgan fingerprint density at radius 3 is 2.94 bits per heavy atom. The van der Waals surface area contributed by atoms with Crippen molar-refractivity contribution >= 4 is 5.69 Å². The second-order valence-corrected chi connectivity index (χ2v) is 5.16. The standard InChI is InChI=1S/C14H20N2O/c17-14(12-8-15-9-12)10-16-7-3-5-11-4-1-2-6-13(11)16/h1-2,4,6,12,14-15,17H,3,5,7-10H2. The van der Waals surface area contributed by atoms with Gasteiger partial charge in [-0.15, -0.1) is 0 Å². The second kappa shape index (κ2) is 4.67. The second-order valence-electron chi connectivity index (χ2n) is 5.16. The predicted molar refractivity (Wildman–Crippen MR) is 69.3 cm³/mol. The molecule has 3 nitrogen and oxygen atoms in total. The Morgan fingerprint density at radius 1 is 1.35 bits per heavy atom. The predicted octanol–water partition coefficient (Wildman–Crippen LogP) is 1.02. The van der Waals surface area contributed by atoms with Gasteiger partial charge in [-0.2, -0.15) is 0 Å². The summed E-state index contributed by atoms with van der Waals surface area (Å²) in [5.74, 6) is 0.448. The zero-order valence-electron chi connectivity index (χ0n) is 10.1. The fourth-order valence-corrected chi connectivity index (χ4v) is 2.76. The van der Waals surface area contributed by atoms with Gasteiger partial charge in [-0.05, 0) is 24.5 Å². The molecule has 0 spiro atoms. The summed E-state index contributed by atoms with van der Waals surface area (Å²) in [4.78, 5) is 2.35. The number of β-amino-alcohol motifs (C(OH)–C–C–N with tert-alkyl or cyclic N) is 1. The molecule has 0 radical (unpaired) electrons. The minimum atomic E-state index is -0.192. The molecule has 1 fully saturated rings. The van der Waals surface area contributed by atoms with Crippen LogP contribution in [0.2, 0.25) is 0 Å². The van der Waals surface area contributed by atoms with E-state index in [1.165, 1.54) is 24.1 Å². The van der Waals surface area contributed by atoms with Gasteiger partial charge in [-0.1, -0.05) is 18.2 Å². The highest BCUT2D eigenvalue weighted by atomic mass is 16.3. The van der Waals surface area contributed by atoms with Gasteiger partial charge in [0.05, 0.1) is 6.10 Å². The SMILES string of the molecule is OC(CN1CCCc2ccccc21)C1CNC1. The number of nitrogens with one attached hydrogen (secondary N) is 1. The van der Waals surface area contributed by atoms with Gasteiger partial charge in [-0.25, -0.2) is 0 Å². The van der Waals surface area contributed by atoms with Crippen molar-refractivity contribution in [3.05, 3.63) is 29.8 Å². The maximum absolute atomic E-state index is 10.2. The normalized spacial score (nSPS) is 21.8. The third-order valence-corrected chi connectivity index (χ3v) is 3.97. The van der Waals surface area contributed by atoms with E-state index in [0.29, 0.717) is 5.92 Å². The lowest BCUT2D eigenvalue weighted by atomic mass is 9.94. The zero-order chi connectivity index (χ0) is 11.7. The molecule has 0 amide bonds. The summed E-state index contributed by atoms with van der Waals surface area (Å²) in [6, 6.07) is 8.59. The van der Waals surface area contributed by atoms with Crippen LogP contribution < -0.4 is 10.2 Å². The molecular weight excluding hydrogens is 212 g/mol. The Balaban J connectivity index is 1.71. The van der Waals surface area contributed by atoms with Crippen LogP contribution in [0.25, 0.3) is 0 Å². The Morgan fingerprint density at radius 2 is 2.18 bits per heavy atom. The van der Waals surface area contributed by atoms with E-state index < -0.39 is 0 Å². The number of aliphatic hydroxyl groups is 1. The lowest BCUT2D eigenvalue weighted by Crippen LogP contribution is -2.52. The molecule has 92 valence electrons. The average Bonchev–Trinajstić information content (AvgIpc) is 2.27. The van der Waals surface area contributed by atoms with E-state index in [1.807, 2.05) is 0 Å². The number of benzene rings is 1. The summed E-state index contributed by atoms with van der Waals surface area (Å²) in [5, 5.41) is 13.4. The number of nitrogens with zero attached hydrogens (tertiary/aromatic N) is 1. The van der Waals surface area contributed by atoms with Crippen LogP contribution in [0.3, 0.4) is 0 Å². The molecule has 1 aromatic carbocycles. The molecule has 0 aromatic heterocycles. The van der Waals surface area contributed by atoms with Gasteiger partial charge in [-0.3, -0.25) is 0 Å². The highest BCUT2D eigenvalue weighted by molar-refractivity contribution is 5.55. The van der Waals surface area contributed by atoms with Crippen LogP contribution in [0.15, 0.2) is 24.3 Å². The number of para-hydroxylation sites is 1. The van der Waals surface area contributed by atoms with E-state index in [0.717, 1.165) is 26.2 Å². The first-order valence-corrected chi connectivity index (χ1v) is 6.56. The number of rotatable bonds is 3. The molecule has 0 bridgehead atoms. The first-order valence-electron chi connectivity index (χ1n) is 6.56. The molecule has 3 heteroatoms. The molecule has 1 aromatic rings. The summed E-state index contributed by atoms with van der Waals surface area (Å²) in [6.45, 7) is 3.80. The van der Waals surface area contributed by atoms with E-state index in [9.17, 15) is 5.11 Å². The molecule has 1 saturated heterocycles. The fraction of sp³-hybridized carbons (Fsp3) is 0.571. The van der Waals surface area contributed by atoms with Crippen molar-refractivity contribution in [1.82, 2.24) is 5.32 Å². The van der Waals surface area contributed by atoms with E-state index >= 15 is 0 Å². The molecule has 2 N–H and O–H groups in total. The Hall–Kier alpha value is -1.06. The van der Waals surface area contributed by atoms with Crippen LogP contribution in [0.5, 0.6) is 0 Å². The molecule has 1 unspecified atom stereocenters. The minimum Gasteiger partial charge on any atom is -0.391 e. The summed E-state index contributed by atoms with van der Waals surface area (Å²) in [7, 11) is 0. The largest absolute Gasteiger partial charge is 0.391 e. The summed E-state index contributed by atoms with van der Waals surface area (Å²) in [6.07, 6.45) is 2.18. The van der Waals surface area contributed by atoms with E-state index in [1.54, 1.807) is 0 Å². The maximum atomic E-state index is 10.2. The third-order valence-electron chi connectivity index (χ3n) is 3.97. The molecule has 2 aliphatic heterocycles. The Bertz CT molecular complexity index is 390. The Labute approximate surface area is 102 Å². The zero-order valence-corrected chi connectivity index (χ0v) is 10.1. The minimum absolute atomic E-state index is 0.192. The van der Waals surface area contributed by atoms with Crippen LogP contribution >= 0.6 is 0 Å². The molecule has 0 aliphatic carbocycles. The number of hydrogen-bond donors (Lipinski definition) is 2. The number of fused-ring (bicyclic) bond motifs is 1. The lowest BCUT2D eigenvalue weighted by molar-refractivity contribution is 0.0818. The monoisotopic (exact) mass is 232 g/mol. The van der Waals surface area contributed by atoms with Gasteiger partial charge < -0.3 is 15.3 Å².